The van der Waals surface area contributed by atoms with Crippen molar-refractivity contribution in [1.82, 2.24) is 9.78 Å². The van der Waals surface area contributed by atoms with Gasteiger partial charge in [0.25, 0.3) is 10.1 Å². The third-order valence-electron chi connectivity index (χ3n) is 4.93. The van der Waals surface area contributed by atoms with Crippen LogP contribution in [0.1, 0.15) is 35.8 Å². The molecule has 9 nitrogen and oxygen atoms in total. The highest BCUT2D eigenvalue weighted by Gasteiger charge is 2.25. The standard InChI is InChI=1S/C22H24N2O7S/c1-13(2)15-11-14(32(26,27)28)9-10-17(15)24-18(12-16(23-24)22(25)31-5)21-19(29-3)7-6-8-20(21)30-4/h6-13H,1-5H3,(H,26,27,28). The van der Waals surface area contributed by atoms with Gasteiger partial charge >= 0.3 is 5.97 Å². The van der Waals surface area contributed by atoms with E-state index in [1.165, 1.54) is 44.2 Å². The zero-order chi connectivity index (χ0) is 23.6. The van der Waals surface area contributed by atoms with E-state index in [9.17, 15) is 17.8 Å². The van der Waals surface area contributed by atoms with E-state index in [1.54, 1.807) is 24.3 Å². The van der Waals surface area contributed by atoms with Crippen LogP contribution in [0.3, 0.4) is 0 Å². The van der Waals surface area contributed by atoms with E-state index in [0.717, 1.165) is 0 Å². The Labute approximate surface area is 186 Å². The van der Waals surface area contributed by atoms with Crippen molar-refractivity contribution in [2.75, 3.05) is 21.3 Å². The third kappa shape index (κ3) is 4.32. The molecular weight excluding hydrogens is 436 g/mol. The lowest BCUT2D eigenvalue weighted by Gasteiger charge is -2.18. The molecule has 0 saturated heterocycles. The van der Waals surface area contributed by atoms with Crippen molar-refractivity contribution in [3.05, 3.63) is 53.7 Å². The first kappa shape index (κ1) is 23.3. The van der Waals surface area contributed by atoms with Gasteiger partial charge in [0.1, 0.15) is 11.5 Å². The van der Waals surface area contributed by atoms with E-state index in [0.29, 0.717) is 34.0 Å². The van der Waals surface area contributed by atoms with Crippen LogP contribution in [-0.4, -0.2) is 50.0 Å². The van der Waals surface area contributed by atoms with E-state index in [-0.39, 0.29) is 16.5 Å². The van der Waals surface area contributed by atoms with Gasteiger partial charge in [0, 0.05) is 0 Å². The quantitative estimate of drug-likeness (QED) is 0.419. The summed E-state index contributed by atoms with van der Waals surface area (Å²) in [6, 6.07) is 11.0. The second-order valence-electron chi connectivity index (χ2n) is 7.21. The first-order valence-corrected chi connectivity index (χ1v) is 11.1. The summed E-state index contributed by atoms with van der Waals surface area (Å²) in [4.78, 5) is 12.0. The highest BCUT2D eigenvalue weighted by atomic mass is 32.2. The van der Waals surface area contributed by atoms with Crippen LogP contribution in [0.4, 0.5) is 0 Å². The molecule has 0 bridgehead atoms. The Kier molecular flexibility index (Phi) is 6.56. The van der Waals surface area contributed by atoms with Crippen molar-refractivity contribution >= 4 is 16.1 Å². The van der Waals surface area contributed by atoms with Crippen molar-refractivity contribution in [2.24, 2.45) is 0 Å². The first-order chi connectivity index (χ1) is 15.1. The van der Waals surface area contributed by atoms with E-state index in [1.807, 2.05) is 13.8 Å². The highest BCUT2D eigenvalue weighted by molar-refractivity contribution is 7.85. The van der Waals surface area contributed by atoms with Gasteiger partial charge in [0.2, 0.25) is 0 Å². The van der Waals surface area contributed by atoms with Crippen molar-refractivity contribution in [3.63, 3.8) is 0 Å². The molecule has 3 rings (SSSR count). The molecule has 0 saturated carbocycles. The zero-order valence-electron chi connectivity index (χ0n) is 18.3. The molecule has 0 aliphatic carbocycles. The van der Waals surface area contributed by atoms with E-state index < -0.39 is 16.1 Å². The lowest BCUT2D eigenvalue weighted by atomic mass is 10.0. The molecule has 1 N–H and O–H groups in total. The van der Waals surface area contributed by atoms with E-state index >= 15 is 0 Å². The molecule has 3 aromatic rings. The summed E-state index contributed by atoms with van der Waals surface area (Å²) < 4.78 is 50.2. The Hall–Kier alpha value is -3.37. The highest BCUT2D eigenvalue weighted by Crippen LogP contribution is 2.40. The molecule has 1 aromatic heterocycles. The zero-order valence-corrected chi connectivity index (χ0v) is 19.1. The third-order valence-corrected chi connectivity index (χ3v) is 5.78. The average molecular weight is 461 g/mol. The van der Waals surface area contributed by atoms with Gasteiger partial charge in [0.05, 0.1) is 43.2 Å². The van der Waals surface area contributed by atoms with E-state index in [2.05, 4.69) is 5.10 Å². The smallest absolute Gasteiger partial charge is 0.358 e. The maximum absolute atomic E-state index is 12.3. The van der Waals surface area contributed by atoms with Crippen LogP contribution < -0.4 is 9.47 Å². The van der Waals surface area contributed by atoms with Gasteiger partial charge in [-0.15, -0.1) is 0 Å². The predicted molar refractivity (Wildman–Crippen MR) is 117 cm³/mol. The Morgan fingerprint density at radius 2 is 1.66 bits per heavy atom. The topological polar surface area (TPSA) is 117 Å². The average Bonchev–Trinajstić information content (AvgIpc) is 3.21. The summed E-state index contributed by atoms with van der Waals surface area (Å²) in [6.07, 6.45) is 0. The van der Waals surface area contributed by atoms with Crippen LogP contribution in [0.15, 0.2) is 47.4 Å². The van der Waals surface area contributed by atoms with Gasteiger partial charge in [-0.25, -0.2) is 9.48 Å². The molecule has 2 aromatic carbocycles. The van der Waals surface area contributed by atoms with Gasteiger partial charge < -0.3 is 14.2 Å². The molecule has 0 aliphatic rings. The SMILES string of the molecule is COC(=O)c1cc(-c2c(OC)cccc2OC)n(-c2ccc(S(=O)(=O)O)cc2C(C)C)n1. The molecule has 10 heteroatoms. The maximum atomic E-state index is 12.3. The summed E-state index contributed by atoms with van der Waals surface area (Å²) >= 11 is 0. The Bertz CT molecular complexity index is 1240. The fraction of sp³-hybridized carbons (Fsp3) is 0.273. The fourth-order valence-electron chi connectivity index (χ4n) is 3.40. The normalized spacial score (nSPS) is 11.5. The molecule has 0 amide bonds. The summed E-state index contributed by atoms with van der Waals surface area (Å²) in [5.74, 6) is 0.203. The summed E-state index contributed by atoms with van der Waals surface area (Å²) in [5.41, 5.74) is 2.18. The molecule has 1 heterocycles. The molecule has 0 fully saturated rings. The van der Waals surface area contributed by atoms with Crippen LogP contribution in [-0.2, 0) is 14.9 Å². The minimum atomic E-state index is -4.40. The minimum Gasteiger partial charge on any atom is -0.496 e. The van der Waals surface area contributed by atoms with Crippen LogP contribution in [0, 0.1) is 0 Å². The Morgan fingerprint density at radius 1 is 1.03 bits per heavy atom. The molecule has 0 unspecified atom stereocenters. The van der Waals surface area contributed by atoms with Crippen LogP contribution in [0.5, 0.6) is 11.5 Å². The molecule has 0 aliphatic heterocycles. The number of ether oxygens (including phenoxy) is 3. The number of esters is 1. The van der Waals surface area contributed by atoms with Gasteiger partial charge in [-0.3, -0.25) is 4.55 Å². The number of nitrogens with zero attached hydrogens (tertiary/aromatic N) is 2. The second kappa shape index (κ2) is 9.01. The molecule has 32 heavy (non-hydrogen) atoms. The monoisotopic (exact) mass is 460 g/mol. The maximum Gasteiger partial charge on any atom is 0.358 e. The molecule has 170 valence electrons. The van der Waals surface area contributed by atoms with Crippen molar-refractivity contribution in [3.8, 4) is 28.4 Å². The molecular formula is C22H24N2O7S. The number of carbonyl (C=O) groups is 1. The summed E-state index contributed by atoms with van der Waals surface area (Å²) in [5, 5.41) is 4.43. The van der Waals surface area contributed by atoms with Crippen molar-refractivity contribution < 1.29 is 32.0 Å². The number of benzene rings is 2. The van der Waals surface area contributed by atoms with Crippen LogP contribution in [0.2, 0.25) is 0 Å². The number of methoxy groups -OCH3 is 3. The molecule has 0 spiro atoms. The van der Waals surface area contributed by atoms with Crippen molar-refractivity contribution in [2.45, 2.75) is 24.7 Å². The largest absolute Gasteiger partial charge is 0.496 e. The minimum absolute atomic E-state index is 0.0454. The number of rotatable bonds is 7. The Morgan fingerprint density at radius 3 is 2.16 bits per heavy atom. The first-order valence-electron chi connectivity index (χ1n) is 9.63. The lowest BCUT2D eigenvalue weighted by molar-refractivity contribution is 0.0593. The van der Waals surface area contributed by atoms with Gasteiger partial charge in [-0.05, 0) is 47.9 Å². The fourth-order valence-corrected chi connectivity index (χ4v) is 3.92. The number of hydrogen-bond acceptors (Lipinski definition) is 7. The molecule has 0 atom stereocenters. The second-order valence-corrected chi connectivity index (χ2v) is 8.63. The number of carbonyl (C=O) groups excluding carboxylic acids is 1. The van der Waals surface area contributed by atoms with E-state index in [4.69, 9.17) is 14.2 Å². The van der Waals surface area contributed by atoms with Crippen LogP contribution >= 0.6 is 0 Å². The Balaban J connectivity index is 2.39. The van der Waals surface area contributed by atoms with Gasteiger partial charge in [-0.2, -0.15) is 13.5 Å². The number of hydrogen-bond donors (Lipinski definition) is 1. The van der Waals surface area contributed by atoms with Crippen molar-refractivity contribution in [1.29, 1.82) is 0 Å². The van der Waals surface area contributed by atoms with Crippen LogP contribution in [0.25, 0.3) is 16.9 Å². The number of aromatic nitrogens is 2. The van der Waals surface area contributed by atoms with Gasteiger partial charge in [-0.1, -0.05) is 19.9 Å². The summed E-state index contributed by atoms with van der Waals surface area (Å²) in [6.45, 7) is 3.75. The summed E-state index contributed by atoms with van der Waals surface area (Å²) in [7, 11) is -0.113. The van der Waals surface area contributed by atoms with Gasteiger partial charge in [0.15, 0.2) is 5.69 Å². The predicted octanol–water partition coefficient (Wildman–Crippen LogP) is 3.71. The molecule has 0 radical (unpaired) electrons. The lowest BCUT2D eigenvalue weighted by Crippen LogP contribution is -2.09.